The number of allylic oxidation sites excluding steroid dienone is 8. The van der Waals surface area contributed by atoms with Gasteiger partial charge in [-0.1, -0.05) is 46.6 Å². The molecule has 7 heteroatoms. The topological polar surface area (TPSA) is 105 Å². The summed E-state index contributed by atoms with van der Waals surface area (Å²) < 4.78 is 17.5. The summed E-state index contributed by atoms with van der Waals surface area (Å²) in [5.41, 5.74) is 5.61. The van der Waals surface area contributed by atoms with Crippen molar-refractivity contribution in [3.8, 4) is 34.5 Å². The van der Waals surface area contributed by atoms with E-state index < -0.39 is 11.7 Å². The van der Waals surface area contributed by atoms with Crippen LogP contribution in [0.3, 0.4) is 0 Å². The van der Waals surface area contributed by atoms with Gasteiger partial charge in [0.25, 0.3) is 0 Å². The SMILES string of the molecule is COc1cc(Oc2cc(C/C=C(\C)CCC=C(C)C)c(O)c(OC)c2CC=C(C)C)c(C(=O)O)c(O)c1CC=C(C)C. The van der Waals surface area contributed by atoms with Crippen LogP contribution in [0, 0.1) is 0 Å². The Labute approximate surface area is 250 Å². The number of aromatic hydroxyl groups is 2. The van der Waals surface area contributed by atoms with Gasteiger partial charge in [-0.25, -0.2) is 4.79 Å². The predicted molar refractivity (Wildman–Crippen MR) is 169 cm³/mol. The number of phenolic OH excluding ortho intramolecular Hbond substituents is 1. The molecule has 2 rings (SSSR count). The summed E-state index contributed by atoms with van der Waals surface area (Å²) in [7, 11) is 2.93. The quantitative estimate of drug-likeness (QED) is 0.192. The predicted octanol–water partition coefficient (Wildman–Crippen LogP) is 8.86. The van der Waals surface area contributed by atoms with Crippen LogP contribution in [0.15, 0.2) is 58.7 Å². The number of phenols is 2. The minimum atomic E-state index is -1.34. The van der Waals surface area contributed by atoms with E-state index in [1.807, 2.05) is 39.8 Å². The van der Waals surface area contributed by atoms with Gasteiger partial charge in [0, 0.05) is 22.8 Å². The first-order chi connectivity index (χ1) is 19.8. The maximum atomic E-state index is 12.4. The molecule has 0 aromatic heterocycles. The third kappa shape index (κ3) is 9.20. The molecule has 0 heterocycles. The number of ether oxygens (including phenoxy) is 3. The Balaban J connectivity index is 2.73. The van der Waals surface area contributed by atoms with Crippen LogP contribution in [-0.2, 0) is 19.3 Å². The van der Waals surface area contributed by atoms with E-state index >= 15 is 0 Å². The molecule has 0 bridgehead atoms. The van der Waals surface area contributed by atoms with Crippen LogP contribution in [0.25, 0.3) is 0 Å². The average Bonchev–Trinajstić information content (AvgIpc) is 2.90. The third-order valence-corrected chi connectivity index (χ3v) is 6.77. The summed E-state index contributed by atoms with van der Waals surface area (Å²) in [4.78, 5) is 12.4. The molecule has 7 nitrogen and oxygen atoms in total. The van der Waals surface area contributed by atoms with Crippen molar-refractivity contribution in [2.75, 3.05) is 14.2 Å². The number of carboxylic acid groups (broad SMARTS) is 1. The lowest BCUT2D eigenvalue weighted by atomic mass is 9.99. The smallest absolute Gasteiger partial charge is 0.343 e. The number of aromatic carboxylic acids is 1. The fraction of sp³-hybridized carbons (Fsp3) is 0.400. The highest BCUT2D eigenvalue weighted by Gasteiger charge is 2.26. The molecule has 0 amide bonds. The molecule has 0 aliphatic heterocycles. The van der Waals surface area contributed by atoms with E-state index in [2.05, 4.69) is 32.9 Å². The zero-order chi connectivity index (χ0) is 31.6. The van der Waals surface area contributed by atoms with Crippen molar-refractivity contribution in [2.24, 2.45) is 0 Å². The van der Waals surface area contributed by atoms with Gasteiger partial charge in [-0.2, -0.15) is 0 Å². The summed E-state index contributed by atoms with van der Waals surface area (Å²) in [6.45, 7) is 14.0. The molecular weight excluding hydrogens is 532 g/mol. The molecule has 0 unspecified atom stereocenters. The largest absolute Gasteiger partial charge is 0.506 e. The van der Waals surface area contributed by atoms with Crippen molar-refractivity contribution in [3.05, 3.63) is 81.0 Å². The lowest BCUT2D eigenvalue weighted by molar-refractivity contribution is 0.0690. The second-order valence-corrected chi connectivity index (χ2v) is 11.1. The van der Waals surface area contributed by atoms with Gasteiger partial charge in [0.2, 0.25) is 0 Å². The molecule has 2 aromatic rings. The van der Waals surface area contributed by atoms with Crippen LogP contribution in [0.5, 0.6) is 34.5 Å². The highest BCUT2D eigenvalue weighted by Crippen LogP contribution is 2.46. The normalized spacial score (nSPS) is 11.0. The van der Waals surface area contributed by atoms with Gasteiger partial charge >= 0.3 is 5.97 Å². The van der Waals surface area contributed by atoms with E-state index in [1.165, 1.54) is 31.4 Å². The second-order valence-electron chi connectivity index (χ2n) is 11.1. The lowest BCUT2D eigenvalue weighted by Gasteiger charge is -2.20. The van der Waals surface area contributed by atoms with E-state index in [9.17, 15) is 20.1 Å². The second kappa shape index (κ2) is 15.8. The van der Waals surface area contributed by atoms with Gasteiger partial charge in [-0.15, -0.1) is 0 Å². The maximum Gasteiger partial charge on any atom is 0.343 e. The zero-order valence-electron chi connectivity index (χ0n) is 26.5. The van der Waals surface area contributed by atoms with Crippen LogP contribution in [0.1, 0.15) is 88.4 Å². The van der Waals surface area contributed by atoms with Gasteiger partial charge in [0.05, 0.1) is 14.2 Å². The molecular formula is C35H46O7. The van der Waals surface area contributed by atoms with Crippen molar-refractivity contribution in [1.82, 2.24) is 0 Å². The van der Waals surface area contributed by atoms with Crippen LogP contribution in [0.2, 0.25) is 0 Å². The average molecular weight is 579 g/mol. The van der Waals surface area contributed by atoms with Crippen LogP contribution in [0.4, 0.5) is 0 Å². The molecule has 228 valence electrons. The lowest BCUT2D eigenvalue weighted by Crippen LogP contribution is -2.06. The van der Waals surface area contributed by atoms with Gasteiger partial charge < -0.3 is 29.5 Å². The Morgan fingerprint density at radius 1 is 0.714 bits per heavy atom. The Kier molecular flexibility index (Phi) is 12.8. The summed E-state index contributed by atoms with van der Waals surface area (Å²) in [6, 6.07) is 3.19. The molecule has 0 saturated carbocycles. The number of benzene rings is 2. The Bertz CT molecular complexity index is 1400. The fourth-order valence-corrected chi connectivity index (χ4v) is 4.41. The van der Waals surface area contributed by atoms with Gasteiger partial charge in [-0.05, 0) is 86.6 Å². The maximum absolute atomic E-state index is 12.4. The fourth-order valence-electron chi connectivity index (χ4n) is 4.41. The number of carbonyl (C=O) groups is 1. The van der Waals surface area contributed by atoms with Crippen molar-refractivity contribution < 1.29 is 34.3 Å². The van der Waals surface area contributed by atoms with Crippen LogP contribution >= 0.6 is 0 Å². The third-order valence-electron chi connectivity index (χ3n) is 6.77. The minimum absolute atomic E-state index is 0.00584. The number of rotatable bonds is 14. The monoisotopic (exact) mass is 578 g/mol. The van der Waals surface area contributed by atoms with Crippen molar-refractivity contribution >= 4 is 5.97 Å². The van der Waals surface area contributed by atoms with Crippen molar-refractivity contribution in [3.63, 3.8) is 0 Å². The molecule has 42 heavy (non-hydrogen) atoms. The van der Waals surface area contributed by atoms with Crippen molar-refractivity contribution in [1.29, 1.82) is 0 Å². The van der Waals surface area contributed by atoms with Crippen LogP contribution < -0.4 is 14.2 Å². The molecule has 0 aliphatic rings. The van der Waals surface area contributed by atoms with Crippen molar-refractivity contribution in [2.45, 2.75) is 80.6 Å². The summed E-state index contributed by atoms with van der Waals surface area (Å²) in [6.07, 6.45) is 11.0. The number of methoxy groups -OCH3 is 2. The zero-order valence-corrected chi connectivity index (χ0v) is 26.5. The van der Waals surface area contributed by atoms with Gasteiger partial charge in [0.15, 0.2) is 11.5 Å². The molecule has 0 fully saturated rings. The van der Waals surface area contributed by atoms with Gasteiger partial charge in [0.1, 0.15) is 28.6 Å². The summed E-state index contributed by atoms with van der Waals surface area (Å²) in [5, 5.41) is 32.4. The summed E-state index contributed by atoms with van der Waals surface area (Å²) in [5.74, 6) is -0.958. The Hall–Kier alpha value is -4.13. The molecule has 0 spiro atoms. The Morgan fingerprint density at radius 2 is 1.31 bits per heavy atom. The first kappa shape index (κ1) is 34.1. The van der Waals surface area contributed by atoms with E-state index in [0.717, 1.165) is 24.0 Å². The first-order valence-corrected chi connectivity index (χ1v) is 14.1. The van der Waals surface area contributed by atoms with Gasteiger partial charge in [-0.3, -0.25) is 0 Å². The van der Waals surface area contributed by atoms with E-state index in [-0.39, 0.29) is 22.8 Å². The molecule has 0 aliphatic carbocycles. The molecule has 2 aromatic carbocycles. The van der Waals surface area contributed by atoms with E-state index in [1.54, 1.807) is 6.07 Å². The minimum Gasteiger partial charge on any atom is -0.506 e. The van der Waals surface area contributed by atoms with Crippen LogP contribution in [-0.4, -0.2) is 35.5 Å². The molecule has 0 radical (unpaired) electrons. The number of hydrogen-bond donors (Lipinski definition) is 3. The molecule has 0 saturated heterocycles. The van der Waals surface area contributed by atoms with E-state index in [0.29, 0.717) is 47.5 Å². The highest BCUT2D eigenvalue weighted by atomic mass is 16.5. The molecule has 0 atom stereocenters. The standard InChI is InChI=1S/C35H46O7/c1-21(2)11-10-12-24(7)15-16-25-19-29(27(18-14-23(5)6)34(41-9)32(25)36)42-30-20-28(40-8)26(17-13-22(3)4)33(37)31(30)35(38)39/h11,13-15,19-20,36-37H,10,12,16-18H2,1-9H3,(H,38,39)/b24-15+. The van der Waals surface area contributed by atoms with E-state index in [4.69, 9.17) is 14.2 Å². The number of hydrogen-bond acceptors (Lipinski definition) is 6. The molecule has 3 N–H and O–H groups in total. The highest BCUT2D eigenvalue weighted by molar-refractivity contribution is 5.95. The number of carboxylic acids is 1. The summed E-state index contributed by atoms with van der Waals surface area (Å²) >= 11 is 0. The first-order valence-electron chi connectivity index (χ1n) is 14.1. The Morgan fingerprint density at radius 3 is 1.83 bits per heavy atom.